The highest BCUT2D eigenvalue weighted by molar-refractivity contribution is 5.74. The monoisotopic (exact) mass is 356 g/mol. The Morgan fingerprint density at radius 2 is 2.23 bits per heavy atom. The van der Waals surface area contributed by atoms with Crippen molar-refractivity contribution in [3.8, 4) is 11.6 Å². The summed E-state index contributed by atoms with van der Waals surface area (Å²) in [4.78, 5) is 24.7. The third-order valence-electron chi connectivity index (χ3n) is 3.63. The molecule has 0 spiro atoms. The first kappa shape index (κ1) is 17.5. The standard InChI is InChI=1S/C16H20N8O2/c1-16(2,3)11(14-22-13(24-26-14)12-19-9-20-23-12)21-15(25)18-8-10-5-4-6-17-7-10/h4-7,9,11H,8H2,1-3H3,(H2,18,21,25)(H,19,20,23)/t11-/m0/s1. The minimum absolute atomic E-state index is 0.282. The number of rotatable bonds is 5. The lowest BCUT2D eigenvalue weighted by Gasteiger charge is -2.28. The fraction of sp³-hybridized carbons (Fsp3) is 0.375. The molecule has 2 amide bonds. The summed E-state index contributed by atoms with van der Waals surface area (Å²) < 4.78 is 5.34. The Morgan fingerprint density at radius 1 is 1.38 bits per heavy atom. The first-order valence-corrected chi connectivity index (χ1v) is 8.06. The molecule has 3 aromatic heterocycles. The van der Waals surface area contributed by atoms with Crippen LogP contribution in [0.4, 0.5) is 4.79 Å². The smallest absolute Gasteiger partial charge is 0.315 e. The van der Waals surface area contributed by atoms with Gasteiger partial charge >= 0.3 is 6.03 Å². The van der Waals surface area contributed by atoms with E-state index in [-0.39, 0.29) is 17.3 Å². The number of urea groups is 1. The number of aromatic nitrogens is 6. The molecule has 0 unspecified atom stereocenters. The van der Waals surface area contributed by atoms with E-state index in [1.165, 1.54) is 6.33 Å². The van der Waals surface area contributed by atoms with Gasteiger partial charge in [0.05, 0.1) is 0 Å². The van der Waals surface area contributed by atoms with Crippen LogP contribution in [0.15, 0.2) is 35.4 Å². The fourth-order valence-corrected chi connectivity index (χ4v) is 2.28. The molecule has 0 aliphatic rings. The molecule has 0 aromatic carbocycles. The number of amides is 2. The van der Waals surface area contributed by atoms with Gasteiger partial charge in [-0.25, -0.2) is 9.78 Å². The van der Waals surface area contributed by atoms with Gasteiger partial charge in [-0.05, 0) is 17.0 Å². The summed E-state index contributed by atoms with van der Waals surface area (Å²) in [5.74, 6) is 0.971. The number of hydrogen-bond acceptors (Lipinski definition) is 7. The van der Waals surface area contributed by atoms with Crippen LogP contribution in [-0.2, 0) is 6.54 Å². The van der Waals surface area contributed by atoms with Crippen LogP contribution < -0.4 is 10.6 Å². The second-order valence-corrected chi connectivity index (χ2v) is 6.78. The van der Waals surface area contributed by atoms with Crippen molar-refractivity contribution in [1.82, 2.24) is 40.9 Å². The largest absolute Gasteiger partial charge is 0.337 e. The van der Waals surface area contributed by atoms with Crippen LogP contribution in [0.2, 0.25) is 0 Å². The van der Waals surface area contributed by atoms with Crippen molar-refractivity contribution in [3.05, 3.63) is 42.3 Å². The molecule has 136 valence electrons. The summed E-state index contributed by atoms with van der Waals surface area (Å²) in [6.07, 6.45) is 4.74. The van der Waals surface area contributed by atoms with Crippen molar-refractivity contribution < 1.29 is 9.32 Å². The average Bonchev–Trinajstić information content (AvgIpc) is 3.29. The molecule has 10 nitrogen and oxygen atoms in total. The molecule has 0 aliphatic carbocycles. The maximum absolute atomic E-state index is 12.3. The first-order valence-electron chi connectivity index (χ1n) is 8.06. The van der Waals surface area contributed by atoms with Crippen LogP contribution in [0.25, 0.3) is 11.6 Å². The SMILES string of the molecule is CC(C)(C)[C@@H](NC(=O)NCc1cccnc1)c1nc(-c2ncn[nH]2)no1. The predicted octanol–water partition coefficient (Wildman–Crippen LogP) is 1.84. The van der Waals surface area contributed by atoms with Gasteiger partial charge in [-0.2, -0.15) is 10.1 Å². The number of carbonyl (C=O) groups is 1. The van der Waals surface area contributed by atoms with Crippen LogP contribution in [0.5, 0.6) is 0 Å². The Balaban J connectivity index is 1.69. The Bertz CT molecular complexity index is 839. The van der Waals surface area contributed by atoms with E-state index in [9.17, 15) is 4.79 Å². The molecule has 1 atom stereocenters. The minimum atomic E-state index is -0.486. The van der Waals surface area contributed by atoms with Gasteiger partial charge in [0.1, 0.15) is 12.4 Å². The molecule has 0 fully saturated rings. The van der Waals surface area contributed by atoms with E-state index in [1.54, 1.807) is 12.4 Å². The molecule has 3 aromatic rings. The van der Waals surface area contributed by atoms with Crippen LogP contribution in [0.3, 0.4) is 0 Å². The minimum Gasteiger partial charge on any atom is -0.337 e. The van der Waals surface area contributed by atoms with E-state index >= 15 is 0 Å². The molecule has 3 heterocycles. The number of hydrogen-bond donors (Lipinski definition) is 3. The maximum Gasteiger partial charge on any atom is 0.315 e. The second-order valence-electron chi connectivity index (χ2n) is 6.78. The van der Waals surface area contributed by atoms with Crippen LogP contribution >= 0.6 is 0 Å². The van der Waals surface area contributed by atoms with Crippen molar-refractivity contribution in [2.45, 2.75) is 33.4 Å². The molecule has 0 aliphatic heterocycles. The highest BCUT2D eigenvalue weighted by Gasteiger charge is 2.33. The van der Waals surface area contributed by atoms with E-state index in [4.69, 9.17) is 4.52 Å². The summed E-state index contributed by atoms with van der Waals surface area (Å²) >= 11 is 0. The molecular formula is C16H20N8O2. The quantitative estimate of drug-likeness (QED) is 0.635. The first-order chi connectivity index (χ1) is 12.4. The van der Waals surface area contributed by atoms with Gasteiger partial charge in [-0.15, -0.1) is 0 Å². The van der Waals surface area contributed by atoms with Gasteiger partial charge < -0.3 is 15.2 Å². The zero-order chi connectivity index (χ0) is 18.6. The van der Waals surface area contributed by atoms with Gasteiger partial charge in [0.15, 0.2) is 5.82 Å². The number of pyridine rings is 1. The summed E-state index contributed by atoms with van der Waals surface area (Å²) in [6.45, 7) is 6.27. The topological polar surface area (TPSA) is 135 Å². The highest BCUT2D eigenvalue weighted by atomic mass is 16.5. The molecule has 3 N–H and O–H groups in total. The summed E-state index contributed by atoms with van der Waals surface area (Å²) in [5.41, 5.74) is 0.553. The summed E-state index contributed by atoms with van der Waals surface area (Å²) in [7, 11) is 0. The number of nitrogens with zero attached hydrogens (tertiary/aromatic N) is 5. The van der Waals surface area contributed by atoms with E-state index in [0.29, 0.717) is 18.3 Å². The fourth-order valence-electron chi connectivity index (χ4n) is 2.28. The second kappa shape index (κ2) is 7.30. The predicted molar refractivity (Wildman–Crippen MR) is 91.5 cm³/mol. The van der Waals surface area contributed by atoms with Gasteiger partial charge in [0.2, 0.25) is 11.7 Å². The molecule has 26 heavy (non-hydrogen) atoms. The summed E-state index contributed by atoms with van der Waals surface area (Å²) in [6, 6.07) is 2.88. The molecule has 3 rings (SSSR count). The van der Waals surface area contributed by atoms with E-state index in [2.05, 4.69) is 40.9 Å². The van der Waals surface area contributed by atoms with E-state index in [0.717, 1.165) is 5.56 Å². The Labute approximate surface area is 149 Å². The van der Waals surface area contributed by atoms with Crippen molar-refractivity contribution in [2.75, 3.05) is 0 Å². The summed E-state index contributed by atoms with van der Waals surface area (Å²) in [5, 5.41) is 16.0. The third kappa shape index (κ3) is 4.21. The number of nitrogens with one attached hydrogen (secondary N) is 3. The van der Waals surface area contributed by atoms with Gasteiger partial charge in [0.25, 0.3) is 0 Å². The van der Waals surface area contributed by atoms with Crippen LogP contribution in [0.1, 0.15) is 38.3 Å². The lowest BCUT2D eigenvalue weighted by molar-refractivity contribution is 0.196. The number of aromatic amines is 1. The van der Waals surface area contributed by atoms with Crippen molar-refractivity contribution >= 4 is 6.03 Å². The zero-order valence-corrected chi connectivity index (χ0v) is 14.7. The Morgan fingerprint density at radius 3 is 2.88 bits per heavy atom. The van der Waals surface area contributed by atoms with Gasteiger partial charge in [-0.1, -0.05) is 32.0 Å². The number of H-pyrrole nitrogens is 1. The van der Waals surface area contributed by atoms with E-state index < -0.39 is 6.04 Å². The normalized spacial score (nSPS) is 12.6. The van der Waals surface area contributed by atoms with Gasteiger partial charge in [-0.3, -0.25) is 10.1 Å². The lowest BCUT2D eigenvalue weighted by atomic mass is 9.86. The maximum atomic E-state index is 12.3. The zero-order valence-electron chi connectivity index (χ0n) is 14.7. The Hall–Kier alpha value is -3.30. The lowest BCUT2D eigenvalue weighted by Crippen LogP contribution is -2.42. The van der Waals surface area contributed by atoms with Gasteiger partial charge in [0, 0.05) is 18.9 Å². The van der Waals surface area contributed by atoms with Crippen molar-refractivity contribution in [3.63, 3.8) is 0 Å². The molecule has 0 radical (unpaired) electrons. The molecular weight excluding hydrogens is 336 g/mol. The van der Waals surface area contributed by atoms with Crippen LogP contribution in [-0.4, -0.2) is 36.3 Å². The number of carbonyl (C=O) groups excluding carboxylic acids is 1. The van der Waals surface area contributed by atoms with Crippen molar-refractivity contribution in [2.24, 2.45) is 5.41 Å². The van der Waals surface area contributed by atoms with Crippen LogP contribution in [0, 0.1) is 5.41 Å². The molecule has 10 heteroatoms. The van der Waals surface area contributed by atoms with Crippen molar-refractivity contribution in [1.29, 1.82) is 0 Å². The molecule has 0 saturated carbocycles. The molecule has 0 saturated heterocycles. The average molecular weight is 356 g/mol. The molecule has 0 bridgehead atoms. The Kier molecular flexibility index (Phi) is 4.92. The third-order valence-corrected chi connectivity index (χ3v) is 3.63. The van der Waals surface area contributed by atoms with E-state index in [1.807, 2.05) is 32.9 Å². The highest BCUT2D eigenvalue weighted by Crippen LogP contribution is 2.32.